The van der Waals surface area contributed by atoms with Crippen molar-refractivity contribution in [3.05, 3.63) is 28.7 Å². The molecule has 2 amide bonds. The predicted molar refractivity (Wildman–Crippen MR) is 93.5 cm³/mol. The highest BCUT2D eigenvalue weighted by atomic mass is 16.6. The van der Waals surface area contributed by atoms with Crippen molar-refractivity contribution in [2.24, 2.45) is 5.92 Å². The number of benzene rings is 1. The van der Waals surface area contributed by atoms with Gasteiger partial charge in [0.1, 0.15) is 11.6 Å². The van der Waals surface area contributed by atoms with E-state index in [1.807, 2.05) is 13.8 Å². The van der Waals surface area contributed by atoms with Crippen LogP contribution in [0.4, 0.5) is 10.5 Å². The van der Waals surface area contributed by atoms with Crippen LogP contribution in [0, 0.1) is 5.92 Å². The number of hydrogen-bond donors (Lipinski definition) is 3. The van der Waals surface area contributed by atoms with Gasteiger partial charge in [0.15, 0.2) is 5.58 Å². The maximum atomic E-state index is 12.5. The number of hydrogen-bond acceptors (Lipinski definition) is 5. The number of amides is 2. The second-order valence-electron chi connectivity index (χ2n) is 7.08. The summed E-state index contributed by atoms with van der Waals surface area (Å²) in [5, 5.41) is 5.30. The minimum absolute atomic E-state index is 0.148. The molecule has 8 nitrogen and oxygen atoms in total. The van der Waals surface area contributed by atoms with Crippen LogP contribution in [0.25, 0.3) is 11.1 Å². The average Bonchev–Trinajstić information content (AvgIpc) is 2.81. The molecule has 0 saturated carbocycles. The van der Waals surface area contributed by atoms with Crippen LogP contribution in [-0.2, 0) is 9.53 Å². The third-order valence-electron chi connectivity index (χ3n) is 3.31. The van der Waals surface area contributed by atoms with Gasteiger partial charge in [-0.25, -0.2) is 9.59 Å². The van der Waals surface area contributed by atoms with Gasteiger partial charge in [0.05, 0.1) is 5.52 Å². The molecular formula is C17H23N3O5. The highest BCUT2D eigenvalue weighted by Crippen LogP contribution is 2.17. The molecule has 0 saturated heterocycles. The number of carbonyl (C=O) groups excluding carboxylic acids is 2. The Morgan fingerprint density at radius 3 is 2.52 bits per heavy atom. The summed E-state index contributed by atoms with van der Waals surface area (Å²) < 4.78 is 10.1. The lowest BCUT2D eigenvalue weighted by molar-refractivity contribution is -0.119. The van der Waals surface area contributed by atoms with E-state index < -0.39 is 23.5 Å². The van der Waals surface area contributed by atoms with E-state index in [0.717, 1.165) is 0 Å². The molecule has 3 N–H and O–H groups in total. The molecule has 0 aliphatic rings. The number of alkyl carbamates (subject to hydrolysis) is 1. The normalized spacial score (nSPS) is 12.9. The Balaban J connectivity index is 2.10. The summed E-state index contributed by atoms with van der Waals surface area (Å²) in [5.41, 5.74) is 0.700. The molecular weight excluding hydrogens is 326 g/mol. The molecule has 0 fully saturated rings. The van der Waals surface area contributed by atoms with Crippen LogP contribution < -0.4 is 16.4 Å². The van der Waals surface area contributed by atoms with Crippen LogP contribution in [-0.4, -0.2) is 28.6 Å². The topological polar surface area (TPSA) is 113 Å². The summed E-state index contributed by atoms with van der Waals surface area (Å²) in [7, 11) is 0. The zero-order valence-corrected chi connectivity index (χ0v) is 14.9. The van der Waals surface area contributed by atoms with Crippen molar-refractivity contribution in [2.45, 2.75) is 46.3 Å². The molecule has 0 bridgehead atoms. The molecule has 8 heteroatoms. The van der Waals surface area contributed by atoms with Crippen LogP contribution >= 0.6 is 0 Å². The van der Waals surface area contributed by atoms with Crippen LogP contribution in [0.1, 0.15) is 34.6 Å². The third kappa shape index (κ3) is 5.10. The van der Waals surface area contributed by atoms with Gasteiger partial charge in [-0.3, -0.25) is 9.78 Å². The lowest BCUT2D eigenvalue weighted by Gasteiger charge is -2.25. The third-order valence-corrected chi connectivity index (χ3v) is 3.31. The number of aromatic amines is 1. The number of oxazole rings is 1. The van der Waals surface area contributed by atoms with Gasteiger partial charge in [-0.15, -0.1) is 0 Å². The minimum Gasteiger partial charge on any atom is -0.444 e. The van der Waals surface area contributed by atoms with E-state index in [-0.39, 0.29) is 11.8 Å². The van der Waals surface area contributed by atoms with Gasteiger partial charge in [0.2, 0.25) is 5.91 Å². The summed E-state index contributed by atoms with van der Waals surface area (Å²) in [6.45, 7) is 8.88. The monoisotopic (exact) mass is 349 g/mol. The average molecular weight is 349 g/mol. The predicted octanol–water partition coefficient (Wildman–Crippen LogP) is 2.61. The Bertz CT molecular complexity index is 829. The first-order valence-corrected chi connectivity index (χ1v) is 7.98. The highest BCUT2D eigenvalue weighted by molar-refractivity contribution is 5.97. The fourth-order valence-corrected chi connectivity index (χ4v) is 2.22. The standard InChI is InChI=1S/C17H23N3O5/c1-9(2)13(20-16(23)25-17(3,4)5)14(21)18-10-6-7-12-11(8-10)19-15(22)24-12/h6-9,13H,1-5H3,(H,18,21)(H,19,22)(H,20,23). The molecule has 1 atom stereocenters. The first-order valence-electron chi connectivity index (χ1n) is 7.98. The van der Waals surface area contributed by atoms with Crippen molar-refractivity contribution in [2.75, 3.05) is 5.32 Å². The van der Waals surface area contributed by atoms with Crippen molar-refractivity contribution in [3.63, 3.8) is 0 Å². The zero-order chi connectivity index (χ0) is 18.8. The Labute approximate surface area is 144 Å². The van der Waals surface area contributed by atoms with Crippen molar-refractivity contribution in [1.29, 1.82) is 0 Å². The van der Waals surface area contributed by atoms with Crippen LogP contribution in [0.2, 0.25) is 0 Å². The lowest BCUT2D eigenvalue weighted by Crippen LogP contribution is -2.48. The number of fused-ring (bicyclic) bond motifs is 1. The van der Waals surface area contributed by atoms with Gasteiger partial charge >= 0.3 is 11.8 Å². The molecule has 25 heavy (non-hydrogen) atoms. The Kier molecular flexibility index (Phi) is 5.20. The number of ether oxygens (including phenoxy) is 1. The molecule has 0 spiro atoms. The largest absolute Gasteiger partial charge is 0.444 e. The van der Waals surface area contributed by atoms with Crippen LogP contribution in [0.5, 0.6) is 0 Å². The fourth-order valence-electron chi connectivity index (χ4n) is 2.22. The molecule has 2 aromatic rings. The number of carbonyl (C=O) groups is 2. The Morgan fingerprint density at radius 1 is 1.24 bits per heavy atom. The first-order chi connectivity index (χ1) is 11.5. The molecule has 1 unspecified atom stereocenters. The van der Waals surface area contributed by atoms with Gasteiger partial charge in [-0.05, 0) is 44.9 Å². The van der Waals surface area contributed by atoms with Gasteiger partial charge in [-0.2, -0.15) is 0 Å². The molecule has 1 aromatic carbocycles. The number of rotatable bonds is 4. The van der Waals surface area contributed by atoms with E-state index >= 15 is 0 Å². The maximum absolute atomic E-state index is 12.5. The van der Waals surface area contributed by atoms with Gasteiger partial charge in [0, 0.05) is 5.69 Å². The van der Waals surface area contributed by atoms with Crippen molar-refractivity contribution in [1.82, 2.24) is 10.3 Å². The minimum atomic E-state index is -0.769. The van der Waals surface area contributed by atoms with E-state index in [4.69, 9.17) is 9.15 Å². The summed E-state index contributed by atoms with van der Waals surface area (Å²) in [6, 6.07) is 4.01. The van der Waals surface area contributed by atoms with E-state index in [1.54, 1.807) is 39.0 Å². The smallest absolute Gasteiger partial charge is 0.417 e. The second kappa shape index (κ2) is 7.00. The summed E-state index contributed by atoms with van der Waals surface area (Å²) in [4.78, 5) is 38.2. The van der Waals surface area contributed by atoms with Gasteiger partial charge in [-0.1, -0.05) is 13.8 Å². The molecule has 0 radical (unpaired) electrons. The number of anilines is 1. The molecule has 0 aliphatic carbocycles. The van der Waals surface area contributed by atoms with Gasteiger partial charge in [0.25, 0.3) is 0 Å². The number of H-pyrrole nitrogens is 1. The molecule has 1 heterocycles. The Hall–Kier alpha value is -2.77. The summed E-state index contributed by atoms with van der Waals surface area (Å²) >= 11 is 0. The zero-order valence-electron chi connectivity index (χ0n) is 14.9. The molecule has 2 rings (SSSR count). The number of aromatic nitrogens is 1. The quantitative estimate of drug-likeness (QED) is 0.785. The fraction of sp³-hybridized carbons (Fsp3) is 0.471. The number of nitrogens with one attached hydrogen (secondary N) is 3. The maximum Gasteiger partial charge on any atom is 0.417 e. The molecule has 136 valence electrons. The first kappa shape index (κ1) is 18.6. The van der Waals surface area contributed by atoms with Crippen molar-refractivity contribution < 1.29 is 18.7 Å². The highest BCUT2D eigenvalue weighted by Gasteiger charge is 2.27. The van der Waals surface area contributed by atoms with Crippen LogP contribution in [0.3, 0.4) is 0 Å². The summed E-state index contributed by atoms with van der Waals surface area (Å²) in [6.07, 6.45) is -0.657. The van der Waals surface area contributed by atoms with Crippen LogP contribution in [0.15, 0.2) is 27.4 Å². The SMILES string of the molecule is CC(C)C(NC(=O)OC(C)(C)C)C(=O)Nc1ccc2oc(=O)[nH]c2c1. The Morgan fingerprint density at radius 2 is 1.92 bits per heavy atom. The van der Waals surface area contributed by atoms with E-state index in [0.29, 0.717) is 16.8 Å². The van der Waals surface area contributed by atoms with Crippen molar-refractivity contribution >= 4 is 28.8 Å². The van der Waals surface area contributed by atoms with Gasteiger partial charge < -0.3 is 19.8 Å². The van der Waals surface area contributed by atoms with E-state index in [1.165, 1.54) is 0 Å². The van der Waals surface area contributed by atoms with Crippen molar-refractivity contribution in [3.8, 4) is 0 Å². The molecule has 0 aliphatic heterocycles. The van der Waals surface area contributed by atoms with E-state index in [2.05, 4.69) is 15.6 Å². The van der Waals surface area contributed by atoms with E-state index in [9.17, 15) is 14.4 Å². The lowest BCUT2D eigenvalue weighted by atomic mass is 10.0. The molecule has 1 aromatic heterocycles. The summed E-state index contributed by atoms with van der Waals surface area (Å²) in [5.74, 6) is -1.10. The second-order valence-corrected chi connectivity index (χ2v) is 7.08.